The molecule has 2 N–H and O–H groups in total. The van der Waals surface area contributed by atoms with Crippen LogP contribution in [-0.2, 0) is 16.4 Å². The number of hydrogen-bond donors (Lipinski definition) is 2. The van der Waals surface area contributed by atoms with Gasteiger partial charge in [-0.25, -0.2) is 13.1 Å². The zero-order valence-electron chi connectivity index (χ0n) is 12.0. The summed E-state index contributed by atoms with van der Waals surface area (Å²) in [5.41, 5.74) is 1.15. The largest absolute Gasteiger partial charge is 0.488 e. The molecule has 116 valence electrons. The molecule has 0 spiro atoms. The summed E-state index contributed by atoms with van der Waals surface area (Å²) in [6.45, 7) is 2.14. The second-order valence-corrected chi connectivity index (χ2v) is 7.75. The Morgan fingerprint density at radius 2 is 2.19 bits per heavy atom. The highest BCUT2D eigenvalue weighted by Crippen LogP contribution is 2.27. The second-order valence-electron chi connectivity index (χ2n) is 5.89. The molecule has 0 radical (unpaired) electrons. The Morgan fingerprint density at radius 1 is 1.33 bits per heavy atom. The standard InChI is InChI=1S/C15H22N2O3S/c18-21(19,11-12-4-3-7-16-9-12)17-10-14-8-13-5-1-2-6-15(13)20-14/h1-2,5-6,12,14,16-17H,3-4,7-11H2. The van der Waals surface area contributed by atoms with E-state index in [-0.39, 0.29) is 17.8 Å². The predicted octanol–water partition coefficient (Wildman–Crippen LogP) is 0.909. The quantitative estimate of drug-likeness (QED) is 0.848. The van der Waals surface area contributed by atoms with E-state index in [4.69, 9.17) is 4.74 Å². The van der Waals surface area contributed by atoms with Crippen LogP contribution in [-0.4, -0.2) is 39.9 Å². The lowest BCUT2D eigenvalue weighted by Crippen LogP contribution is -2.40. The van der Waals surface area contributed by atoms with E-state index in [1.165, 1.54) is 0 Å². The normalized spacial score (nSPS) is 25.3. The molecule has 2 unspecified atom stereocenters. The minimum Gasteiger partial charge on any atom is -0.488 e. The molecule has 1 saturated heterocycles. The summed E-state index contributed by atoms with van der Waals surface area (Å²) in [5.74, 6) is 1.30. The Hall–Kier alpha value is -1.11. The number of benzene rings is 1. The van der Waals surface area contributed by atoms with Gasteiger partial charge in [0.1, 0.15) is 11.9 Å². The second kappa shape index (κ2) is 6.34. The first kappa shape index (κ1) is 14.8. The monoisotopic (exact) mass is 310 g/mol. The number of rotatable bonds is 5. The van der Waals surface area contributed by atoms with Crippen molar-refractivity contribution < 1.29 is 13.2 Å². The number of sulfonamides is 1. The van der Waals surface area contributed by atoms with Crippen LogP contribution >= 0.6 is 0 Å². The van der Waals surface area contributed by atoms with Gasteiger partial charge in [-0.1, -0.05) is 18.2 Å². The first-order valence-electron chi connectivity index (χ1n) is 7.55. The van der Waals surface area contributed by atoms with Gasteiger partial charge >= 0.3 is 0 Å². The minimum atomic E-state index is -3.23. The van der Waals surface area contributed by atoms with Crippen LogP contribution in [0.3, 0.4) is 0 Å². The van der Waals surface area contributed by atoms with Crippen LogP contribution < -0.4 is 14.8 Å². The smallest absolute Gasteiger partial charge is 0.212 e. The third-order valence-electron chi connectivity index (χ3n) is 4.10. The maximum atomic E-state index is 12.1. The van der Waals surface area contributed by atoms with Crippen LogP contribution in [0.25, 0.3) is 0 Å². The molecule has 2 aliphatic heterocycles. The average Bonchev–Trinajstić information content (AvgIpc) is 2.89. The molecule has 2 aliphatic rings. The van der Waals surface area contributed by atoms with E-state index in [2.05, 4.69) is 10.0 Å². The highest BCUT2D eigenvalue weighted by Gasteiger charge is 2.26. The molecule has 5 nitrogen and oxygen atoms in total. The highest BCUT2D eigenvalue weighted by molar-refractivity contribution is 7.89. The maximum absolute atomic E-state index is 12.1. The van der Waals surface area contributed by atoms with Crippen molar-refractivity contribution in [1.82, 2.24) is 10.0 Å². The molecule has 3 rings (SSSR count). The van der Waals surface area contributed by atoms with Crippen LogP contribution in [0.4, 0.5) is 0 Å². The Labute approximate surface area is 126 Å². The number of piperidine rings is 1. The SMILES string of the molecule is O=S(=O)(CC1CCCNC1)NCC1Cc2ccccc2O1. The lowest BCUT2D eigenvalue weighted by molar-refractivity contribution is 0.236. The molecule has 0 saturated carbocycles. The van der Waals surface area contributed by atoms with E-state index in [0.29, 0.717) is 6.54 Å². The summed E-state index contributed by atoms with van der Waals surface area (Å²) < 4.78 is 32.7. The van der Waals surface area contributed by atoms with Crippen LogP contribution in [0.1, 0.15) is 18.4 Å². The molecule has 21 heavy (non-hydrogen) atoms. The zero-order chi connectivity index (χ0) is 14.7. The zero-order valence-corrected chi connectivity index (χ0v) is 12.9. The van der Waals surface area contributed by atoms with Crippen LogP contribution in [0.5, 0.6) is 5.75 Å². The fourth-order valence-electron chi connectivity index (χ4n) is 3.02. The molecular weight excluding hydrogens is 288 g/mol. The van der Waals surface area contributed by atoms with Crippen molar-refractivity contribution in [3.05, 3.63) is 29.8 Å². The van der Waals surface area contributed by atoms with Crippen molar-refractivity contribution >= 4 is 10.0 Å². The molecule has 2 atom stereocenters. The lowest BCUT2D eigenvalue weighted by Gasteiger charge is -2.22. The van der Waals surface area contributed by atoms with E-state index in [0.717, 1.165) is 43.7 Å². The highest BCUT2D eigenvalue weighted by atomic mass is 32.2. The first-order chi connectivity index (χ1) is 10.1. The molecule has 0 aliphatic carbocycles. The lowest BCUT2D eigenvalue weighted by atomic mass is 10.0. The van der Waals surface area contributed by atoms with Gasteiger partial charge in [-0.05, 0) is 43.5 Å². The van der Waals surface area contributed by atoms with Crippen LogP contribution in [0.2, 0.25) is 0 Å². The van der Waals surface area contributed by atoms with Gasteiger partial charge in [-0.15, -0.1) is 0 Å². The van der Waals surface area contributed by atoms with Crippen LogP contribution in [0.15, 0.2) is 24.3 Å². The summed E-state index contributed by atoms with van der Waals surface area (Å²) in [7, 11) is -3.23. The molecule has 0 aromatic heterocycles. The van der Waals surface area contributed by atoms with Crippen molar-refractivity contribution in [1.29, 1.82) is 0 Å². The summed E-state index contributed by atoms with van der Waals surface area (Å²) in [6.07, 6.45) is 2.71. The van der Waals surface area contributed by atoms with Gasteiger partial charge in [0, 0.05) is 13.0 Å². The maximum Gasteiger partial charge on any atom is 0.212 e. The van der Waals surface area contributed by atoms with E-state index in [9.17, 15) is 8.42 Å². The Kier molecular flexibility index (Phi) is 4.47. The van der Waals surface area contributed by atoms with Gasteiger partial charge in [-0.2, -0.15) is 0 Å². The Bertz CT molecular complexity index is 557. The topological polar surface area (TPSA) is 67.4 Å². The predicted molar refractivity (Wildman–Crippen MR) is 81.9 cm³/mol. The van der Waals surface area contributed by atoms with Crippen molar-refractivity contribution in [2.75, 3.05) is 25.4 Å². The van der Waals surface area contributed by atoms with Crippen molar-refractivity contribution in [3.63, 3.8) is 0 Å². The molecule has 0 amide bonds. The number of hydrogen-bond acceptors (Lipinski definition) is 4. The third-order valence-corrected chi connectivity index (χ3v) is 5.62. The van der Waals surface area contributed by atoms with Gasteiger partial charge in [0.2, 0.25) is 10.0 Å². The number of ether oxygens (including phenoxy) is 1. The fraction of sp³-hybridized carbons (Fsp3) is 0.600. The fourth-order valence-corrected chi connectivity index (χ4v) is 4.49. The number of para-hydroxylation sites is 1. The molecule has 1 aromatic carbocycles. The van der Waals surface area contributed by atoms with Gasteiger partial charge in [0.15, 0.2) is 0 Å². The molecule has 6 heteroatoms. The van der Waals surface area contributed by atoms with E-state index in [1.54, 1.807) is 0 Å². The average molecular weight is 310 g/mol. The van der Waals surface area contributed by atoms with E-state index < -0.39 is 10.0 Å². The molecule has 0 bridgehead atoms. The van der Waals surface area contributed by atoms with Gasteiger partial charge < -0.3 is 10.1 Å². The van der Waals surface area contributed by atoms with E-state index >= 15 is 0 Å². The summed E-state index contributed by atoms with van der Waals surface area (Å²) >= 11 is 0. The summed E-state index contributed by atoms with van der Waals surface area (Å²) in [6, 6.07) is 7.86. The molecule has 1 fully saturated rings. The van der Waals surface area contributed by atoms with Gasteiger partial charge in [0.25, 0.3) is 0 Å². The third kappa shape index (κ3) is 3.96. The molecule has 1 aromatic rings. The van der Waals surface area contributed by atoms with Gasteiger partial charge in [-0.3, -0.25) is 0 Å². The summed E-state index contributed by atoms with van der Waals surface area (Å²) in [5, 5.41) is 3.25. The number of fused-ring (bicyclic) bond motifs is 1. The Morgan fingerprint density at radius 3 is 2.95 bits per heavy atom. The van der Waals surface area contributed by atoms with E-state index in [1.807, 2.05) is 24.3 Å². The van der Waals surface area contributed by atoms with Crippen molar-refractivity contribution in [3.8, 4) is 5.75 Å². The molecule has 2 heterocycles. The number of nitrogens with one attached hydrogen (secondary N) is 2. The van der Waals surface area contributed by atoms with Gasteiger partial charge in [0.05, 0.1) is 5.75 Å². The minimum absolute atomic E-state index is 0.0957. The van der Waals surface area contributed by atoms with Crippen LogP contribution in [0, 0.1) is 5.92 Å². The van der Waals surface area contributed by atoms with Crippen molar-refractivity contribution in [2.45, 2.75) is 25.4 Å². The Balaban J connectivity index is 1.49. The van der Waals surface area contributed by atoms with Crippen molar-refractivity contribution in [2.24, 2.45) is 5.92 Å². The summed E-state index contributed by atoms with van der Waals surface area (Å²) in [4.78, 5) is 0. The molecular formula is C15H22N2O3S. The first-order valence-corrected chi connectivity index (χ1v) is 9.20.